The van der Waals surface area contributed by atoms with Gasteiger partial charge in [0.25, 0.3) is 0 Å². The Hall–Kier alpha value is -1.32. The summed E-state index contributed by atoms with van der Waals surface area (Å²) >= 11 is 6.18. The molecule has 0 atom stereocenters. The Morgan fingerprint density at radius 2 is 2.00 bits per heavy atom. The topological polar surface area (TPSA) is 43.8 Å². The molecular formula is C14H18ClN3. The van der Waals surface area contributed by atoms with Crippen LogP contribution >= 0.6 is 11.6 Å². The number of rotatable bonds is 4. The van der Waals surface area contributed by atoms with Crippen molar-refractivity contribution in [2.45, 2.75) is 32.9 Å². The van der Waals surface area contributed by atoms with Crippen molar-refractivity contribution >= 4 is 11.6 Å². The number of nitrogens with zero attached hydrogens (tertiary/aromatic N) is 2. The molecule has 0 amide bonds. The molecule has 0 bridgehead atoms. The van der Waals surface area contributed by atoms with Crippen LogP contribution in [0.4, 0.5) is 0 Å². The Morgan fingerprint density at radius 3 is 2.61 bits per heavy atom. The lowest BCUT2D eigenvalue weighted by molar-refractivity contribution is 0.614. The van der Waals surface area contributed by atoms with E-state index in [-0.39, 0.29) is 0 Å². The average Bonchev–Trinajstić information content (AvgIpc) is 2.75. The van der Waals surface area contributed by atoms with Gasteiger partial charge in [-0.25, -0.2) is 0 Å². The summed E-state index contributed by atoms with van der Waals surface area (Å²) in [5.74, 6) is 0.397. The molecule has 0 saturated carbocycles. The van der Waals surface area contributed by atoms with Crippen molar-refractivity contribution in [3.05, 3.63) is 52.3 Å². The van der Waals surface area contributed by atoms with Crippen LogP contribution in [0.25, 0.3) is 0 Å². The van der Waals surface area contributed by atoms with Gasteiger partial charge in [-0.1, -0.05) is 43.6 Å². The van der Waals surface area contributed by atoms with Gasteiger partial charge in [0.2, 0.25) is 0 Å². The van der Waals surface area contributed by atoms with E-state index in [1.54, 1.807) is 0 Å². The monoisotopic (exact) mass is 263 g/mol. The van der Waals surface area contributed by atoms with Crippen molar-refractivity contribution in [2.75, 3.05) is 0 Å². The Balaban J connectivity index is 2.35. The second kappa shape index (κ2) is 5.55. The Bertz CT molecular complexity index is 532. The largest absolute Gasteiger partial charge is 0.326 e. The lowest BCUT2D eigenvalue weighted by Crippen LogP contribution is -2.10. The lowest BCUT2D eigenvalue weighted by atomic mass is 10.1. The van der Waals surface area contributed by atoms with Crippen molar-refractivity contribution in [2.24, 2.45) is 5.73 Å². The van der Waals surface area contributed by atoms with Crippen LogP contribution in [-0.2, 0) is 13.1 Å². The van der Waals surface area contributed by atoms with Crippen LogP contribution in [0.1, 0.15) is 36.6 Å². The first-order valence-corrected chi connectivity index (χ1v) is 6.49. The lowest BCUT2D eigenvalue weighted by Gasteiger charge is -2.13. The minimum atomic E-state index is 0.397. The first kappa shape index (κ1) is 13.1. The summed E-state index contributed by atoms with van der Waals surface area (Å²) in [5, 5.41) is 5.20. The first-order valence-electron chi connectivity index (χ1n) is 6.11. The molecule has 2 rings (SSSR count). The molecular weight excluding hydrogens is 246 g/mol. The molecule has 4 heteroatoms. The molecule has 0 saturated heterocycles. The van der Waals surface area contributed by atoms with E-state index in [4.69, 9.17) is 17.3 Å². The molecule has 0 spiro atoms. The van der Waals surface area contributed by atoms with Gasteiger partial charge in [0, 0.05) is 22.8 Å². The van der Waals surface area contributed by atoms with E-state index in [1.165, 1.54) is 5.69 Å². The van der Waals surface area contributed by atoms with Crippen LogP contribution in [-0.4, -0.2) is 9.78 Å². The van der Waals surface area contributed by atoms with E-state index >= 15 is 0 Å². The summed E-state index contributed by atoms with van der Waals surface area (Å²) in [6.07, 6.45) is 1.85. The van der Waals surface area contributed by atoms with Crippen LogP contribution in [0.3, 0.4) is 0 Å². The second-order valence-corrected chi connectivity index (χ2v) is 5.07. The quantitative estimate of drug-likeness (QED) is 0.921. The zero-order valence-corrected chi connectivity index (χ0v) is 11.5. The predicted molar refractivity (Wildman–Crippen MR) is 74.8 cm³/mol. The van der Waals surface area contributed by atoms with E-state index in [2.05, 4.69) is 18.9 Å². The van der Waals surface area contributed by atoms with Crippen LogP contribution < -0.4 is 5.73 Å². The fourth-order valence-electron chi connectivity index (χ4n) is 2.17. The second-order valence-electron chi connectivity index (χ2n) is 4.66. The van der Waals surface area contributed by atoms with Gasteiger partial charge >= 0.3 is 0 Å². The first-order chi connectivity index (χ1) is 8.63. The normalized spacial score (nSPS) is 11.2. The maximum Gasteiger partial charge on any atom is 0.0677 e. The summed E-state index contributed by atoms with van der Waals surface area (Å²) in [6.45, 7) is 5.52. The number of halogens is 1. The molecule has 18 heavy (non-hydrogen) atoms. The van der Waals surface area contributed by atoms with Crippen molar-refractivity contribution < 1.29 is 0 Å². The van der Waals surface area contributed by atoms with Gasteiger partial charge in [0.05, 0.1) is 12.7 Å². The van der Waals surface area contributed by atoms with Crippen LogP contribution in [0.2, 0.25) is 5.02 Å². The van der Waals surface area contributed by atoms with Gasteiger partial charge in [-0.2, -0.15) is 5.10 Å². The highest BCUT2D eigenvalue weighted by atomic mass is 35.5. The molecule has 0 unspecified atom stereocenters. The molecule has 1 heterocycles. The van der Waals surface area contributed by atoms with Crippen molar-refractivity contribution in [1.29, 1.82) is 0 Å². The Morgan fingerprint density at radius 1 is 1.28 bits per heavy atom. The summed E-state index contributed by atoms with van der Waals surface area (Å²) in [7, 11) is 0. The van der Waals surface area contributed by atoms with Gasteiger partial charge < -0.3 is 5.73 Å². The number of hydrogen-bond acceptors (Lipinski definition) is 2. The molecule has 0 radical (unpaired) electrons. The fraction of sp³-hybridized carbons (Fsp3) is 0.357. The molecule has 3 nitrogen and oxygen atoms in total. The van der Waals surface area contributed by atoms with Crippen molar-refractivity contribution in [3.8, 4) is 0 Å². The van der Waals surface area contributed by atoms with Crippen LogP contribution in [0, 0.1) is 0 Å². The Kier molecular flexibility index (Phi) is 4.04. The maximum atomic E-state index is 6.18. The van der Waals surface area contributed by atoms with E-state index in [1.807, 2.05) is 35.1 Å². The fourth-order valence-corrected chi connectivity index (χ4v) is 2.37. The number of benzene rings is 1. The molecule has 0 aliphatic carbocycles. The van der Waals surface area contributed by atoms with Crippen molar-refractivity contribution in [1.82, 2.24) is 9.78 Å². The highest BCUT2D eigenvalue weighted by Gasteiger charge is 2.14. The third kappa shape index (κ3) is 2.57. The van der Waals surface area contributed by atoms with Crippen molar-refractivity contribution in [3.63, 3.8) is 0 Å². The third-order valence-electron chi connectivity index (χ3n) is 3.00. The zero-order valence-electron chi connectivity index (χ0n) is 10.7. The van der Waals surface area contributed by atoms with E-state index in [0.717, 1.165) is 16.1 Å². The van der Waals surface area contributed by atoms with E-state index in [9.17, 15) is 0 Å². The number of nitrogens with two attached hydrogens (primary N) is 1. The SMILES string of the molecule is CC(C)c1c(CN)cnn1Cc1ccccc1Cl. The molecule has 2 aromatic rings. The predicted octanol–water partition coefficient (Wildman–Crippen LogP) is 3.17. The molecule has 1 aromatic carbocycles. The minimum Gasteiger partial charge on any atom is -0.326 e. The molecule has 2 N–H and O–H groups in total. The zero-order chi connectivity index (χ0) is 13.1. The smallest absolute Gasteiger partial charge is 0.0677 e. The highest BCUT2D eigenvalue weighted by Crippen LogP contribution is 2.22. The Labute approximate surface area is 113 Å². The summed E-state index contributed by atoms with van der Waals surface area (Å²) < 4.78 is 1.99. The number of aromatic nitrogens is 2. The van der Waals surface area contributed by atoms with E-state index in [0.29, 0.717) is 19.0 Å². The average molecular weight is 264 g/mol. The third-order valence-corrected chi connectivity index (χ3v) is 3.37. The van der Waals surface area contributed by atoms with Gasteiger partial charge in [-0.15, -0.1) is 0 Å². The summed E-state index contributed by atoms with van der Waals surface area (Å²) in [6, 6.07) is 7.85. The standard InChI is InChI=1S/C14H18ClN3/c1-10(2)14-12(7-16)8-17-18(14)9-11-5-3-4-6-13(11)15/h3-6,8,10H,7,9,16H2,1-2H3. The van der Waals surface area contributed by atoms with Gasteiger partial charge in [-0.3, -0.25) is 4.68 Å². The maximum absolute atomic E-state index is 6.18. The van der Waals surface area contributed by atoms with Crippen LogP contribution in [0.15, 0.2) is 30.5 Å². The van der Waals surface area contributed by atoms with Gasteiger partial charge in [0.1, 0.15) is 0 Å². The minimum absolute atomic E-state index is 0.397. The van der Waals surface area contributed by atoms with Crippen LogP contribution in [0.5, 0.6) is 0 Å². The van der Waals surface area contributed by atoms with E-state index < -0.39 is 0 Å². The molecule has 96 valence electrons. The molecule has 1 aromatic heterocycles. The number of hydrogen-bond donors (Lipinski definition) is 1. The van der Waals surface area contributed by atoms with Gasteiger partial charge in [0.15, 0.2) is 0 Å². The highest BCUT2D eigenvalue weighted by molar-refractivity contribution is 6.31. The summed E-state index contributed by atoms with van der Waals surface area (Å²) in [5.41, 5.74) is 9.12. The molecule has 0 aliphatic rings. The molecule has 0 fully saturated rings. The van der Waals surface area contributed by atoms with Gasteiger partial charge in [-0.05, 0) is 17.5 Å². The molecule has 0 aliphatic heterocycles. The summed E-state index contributed by atoms with van der Waals surface area (Å²) in [4.78, 5) is 0.